The van der Waals surface area contributed by atoms with Gasteiger partial charge in [-0.3, -0.25) is 0 Å². The van der Waals surface area contributed by atoms with Crippen LogP contribution in [0.25, 0.3) is 0 Å². The molecule has 218 valence electrons. The number of aliphatic hydroxyl groups is 10. The predicted octanol–water partition coefficient (Wildman–Crippen LogP) is -9.02. The van der Waals surface area contributed by atoms with Gasteiger partial charge in [0.2, 0.25) is 0 Å². The van der Waals surface area contributed by atoms with Gasteiger partial charge in [0.05, 0.1) is 19.3 Å². The fourth-order valence-corrected chi connectivity index (χ4v) is 3.90. The highest BCUT2D eigenvalue weighted by atomic mass is 16.7. The van der Waals surface area contributed by atoms with Crippen LogP contribution in [0, 0.1) is 0 Å². The second-order valence-electron chi connectivity index (χ2n) is 8.36. The predicted molar refractivity (Wildman–Crippen MR) is 111 cm³/mol. The molecule has 1 unspecified atom stereocenters. The molecule has 0 bridgehead atoms. The van der Waals surface area contributed by atoms with Crippen LogP contribution in [0.2, 0.25) is 0 Å². The molecule has 0 saturated carbocycles. The van der Waals surface area contributed by atoms with Gasteiger partial charge in [0.15, 0.2) is 18.9 Å². The van der Waals surface area contributed by atoms with Crippen LogP contribution in [0.5, 0.6) is 0 Å². The Kier molecular flexibility index (Phi) is 14.1. The van der Waals surface area contributed by atoms with E-state index in [9.17, 15) is 51.1 Å². The fraction of sp³-hybridized carbons (Fsp3) is 1.00. The lowest BCUT2D eigenvalue weighted by Crippen LogP contribution is -2.64. The van der Waals surface area contributed by atoms with Crippen LogP contribution in [0.4, 0.5) is 0 Å². The lowest BCUT2D eigenvalue weighted by atomic mass is 9.97. The van der Waals surface area contributed by atoms with Crippen LogP contribution < -0.4 is 0 Å². The Balaban J connectivity index is 0.00000408. The Hall–Kier alpha value is -0.720. The lowest BCUT2D eigenvalue weighted by molar-refractivity contribution is -0.361. The van der Waals surface area contributed by atoms with Crippen molar-refractivity contribution < 1.29 is 91.2 Å². The quantitative estimate of drug-likeness (QED) is 0.149. The molecule has 3 aliphatic rings. The summed E-state index contributed by atoms with van der Waals surface area (Å²) in [7, 11) is 0. The second-order valence-corrected chi connectivity index (χ2v) is 8.36. The van der Waals surface area contributed by atoms with Crippen LogP contribution in [0.15, 0.2) is 0 Å². The summed E-state index contributed by atoms with van der Waals surface area (Å²) < 4.78 is 26.5. The lowest BCUT2D eigenvalue weighted by Gasteiger charge is -2.45. The molecule has 18 nitrogen and oxygen atoms in total. The first-order valence-electron chi connectivity index (χ1n) is 10.4. The molecule has 0 aromatic heterocycles. The average molecular weight is 542 g/mol. The van der Waals surface area contributed by atoms with Gasteiger partial charge >= 0.3 is 0 Å². The van der Waals surface area contributed by atoms with Crippen LogP contribution in [-0.2, 0) is 23.7 Å². The van der Waals surface area contributed by atoms with E-state index in [1.165, 1.54) is 6.92 Å². The minimum Gasteiger partial charge on any atom is -0.412 e. The van der Waals surface area contributed by atoms with Gasteiger partial charge in [-0.2, -0.15) is 0 Å². The Bertz CT molecular complexity index is 627. The largest absolute Gasteiger partial charge is 0.412 e. The summed E-state index contributed by atoms with van der Waals surface area (Å²) in [6.45, 7) is 0.165. The first kappa shape index (κ1) is 35.3. The molecular formula is C18H38O18. The van der Waals surface area contributed by atoms with E-state index in [1.807, 2.05) is 0 Å². The van der Waals surface area contributed by atoms with Crippen LogP contribution in [0.1, 0.15) is 6.92 Å². The first-order valence-corrected chi connectivity index (χ1v) is 10.4. The van der Waals surface area contributed by atoms with E-state index < -0.39 is 105 Å². The van der Waals surface area contributed by atoms with E-state index in [0.29, 0.717) is 0 Å². The molecule has 16 N–H and O–H groups in total. The molecule has 0 amide bonds. The molecule has 3 rings (SSSR count). The van der Waals surface area contributed by atoms with Gasteiger partial charge in [0.1, 0.15) is 67.1 Å². The molecule has 36 heavy (non-hydrogen) atoms. The third-order valence-corrected chi connectivity index (χ3v) is 6.03. The highest BCUT2D eigenvalue weighted by Gasteiger charge is 2.51. The van der Waals surface area contributed by atoms with Gasteiger partial charge < -0.3 is 91.2 Å². The highest BCUT2D eigenvalue weighted by molar-refractivity contribution is 4.94. The van der Waals surface area contributed by atoms with Gasteiger partial charge in [-0.1, -0.05) is 0 Å². The smallest absolute Gasteiger partial charge is 0.187 e. The summed E-state index contributed by atoms with van der Waals surface area (Å²) in [6.07, 6.45) is -23.5. The maximum absolute atomic E-state index is 10.3. The first-order chi connectivity index (χ1) is 15.5. The molecule has 0 spiro atoms. The van der Waals surface area contributed by atoms with Crippen molar-refractivity contribution in [2.45, 2.75) is 99.0 Å². The fourth-order valence-electron chi connectivity index (χ4n) is 3.90. The SMILES string of the molecule is C[C@H]1OC(OC[C@H]2O[C@@H](O[C@H]3[C@H](O)[C@@H](O)[C@@H](O)O[C@@H]3CO)[C@H](O)[C@@H](O)[C@H]2O)[C@H](O)[C@@H](O)[C@H]1O.O.O.O. The van der Waals surface area contributed by atoms with Gasteiger partial charge in [-0.25, -0.2) is 0 Å². The van der Waals surface area contributed by atoms with Gasteiger partial charge in [-0.05, 0) is 6.92 Å². The molecule has 3 fully saturated rings. The molecular weight excluding hydrogens is 504 g/mol. The van der Waals surface area contributed by atoms with Crippen LogP contribution >= 0.6 is 0 Å². The van der Waals surface area contributed by atoms with Crippen molar-refractivity contribution in [2.75, 3.05) is 13.2 Å². The van der Waals surface area contributed by atoms with E-state index in [0.717, 1.165) is 0 Å². The highest BCUT2D eigenvalue weighted by Crippen LogP contribution is 2.29. The summed E-state index contributed by atoms with van der Waals surface area (Å²) >= 11 is 0. The van der Waals surface area contributed by atoms with Crippen molar-refractivity contribution in [1.82, 2.24) is 0 Å². The molecule has 0 aliphatic carbocycles. The summed E-state index contributed by atoms with van der Waals surface area (Å²) in [5, 5.41) is 99.4. The van der Waals surface area contributed by atoms with E-state index >= 15 is 0 Å². The molecule has 18 heteroatoms. The third-order valence-electron chi connectivity index (χ3n) is 6.03. The Morgan fingerprint density at radius 3 is 1.72 bits per heavy atom. The zero-order valence-electron chi connectivity index (χ0n) is 19.1. The molecule has 0 aromatic carbocycles. The van der Waals surface area contributed by atoms with E-state index in [4.69, 9.17) is 23.7 Å². The van der Waals surface area contributed by atoms with Gasteiger partial charge in [0.25, 0.3) is 0 Å². The maximum atomic E-state index is 10.3. The molecule has 3 heterocycles. The van der Waals surface area contributed by atoms with Crippen molar-refractivity contribution in [3.8, 4) is 0 Å². The average Bonchev–Trinajstić information content (AvgIpc) is 2.79. The normalized spacial score (nSPS) is 49.2. The van der Waals surface area contributed by atoms with E-state index in [2.05, 4.69) is 0 Å². The summed E-state index contributed by atoms with van der Waals surface area (Å²) in [6, 6.07) is 0. The monoisotopic (exact) mass is 542 g/mol. The zero-order chi connectivity index (χ0) is 24.6. The minimum absolute atomic E-state index is 0. The number of rotatable bonds is 6. The van der Waals surface area contributed by atoms with Crippen LogP contribution in [-0.4, -0.2) is 173 Å². The summed E-state index contributed by atoms with van der Waals surface area (Å²) in [4.78, 5) is 0. The molecule has 15 atom stereocenters. The Labute approximate surface area is 204 Å². The van der Waals surface area contributed by atoms with Crippen molar-refractivity contribution in [1.29, 1.82) is 0 Å². The molecule has 3 aliphatic heterocycles. The number of hydrogen-bond donors (Lipinski definition) is 10. The topological polar surface area (TPSA) is 343 Å². The summed E-state index contributed by atoms with van der Waals surface area (Å²) in [5.41, 5.74) is 0. The number of hydrogen-bond acceptors (Lipinski definition) is 15. The van der Waals surface area contributed by atoms with Crippen molar-refractivity contribution >= 4 is 0 Å². The second kappa shape index (κ2) is 14.4. The zero-order valence-corrected chi connectivity index (χ0v) is 19.1. The Morgan fingerprint density at radius 1 is 0.583 bits per heavy atom. The van der Waals surface area contributed by atoms with Crippen molar-refractivity contribution in [3.63, 3.8) is 0 Å². The minimum atomic E-state index is -1.83. The number of ether oxygens (including phenoxy) is 5. The molecule has 0 radical (unpaired) electrons. The van der Waals surface area contributed by atoms with E-state index in [-0.39, 0.29) is 16.4 Å². The van der Waals surface area contributed by atoms with Crippen LogP contribution in [0.3, 0.4) is 0 Å². The van der Waals surface area contributed by atoms with Gasteiger partial charge in [-0.15, -0.1) is 0 Å². The molecule has 3 saturated heterocycles. The standard InChI is InChI=1S/C18H32O15.3H2O/c1-4-7(20)9(22)13(26)17(30-4)29-3-6-8(21)10(23)14(27)18(32-6)33-15-5(2-19)31-16(28)12(25)11(15)24;;;/h4-28H,2-3H2,1H3;3*1H2/t4-,5-,6-,7+,8+,9+,10+,11-,12-,13-,14-,15-,16+,17?,18+;;;/m1.../s1. The van der Waals surface area contributed by atoms with Gasteiger partial charge in [0, 0.05) is 0 Å². The van der Waals surface area contributed by atoms with Crippen molar-refractivity contribution in [3.05, 3.63) is 0 Å². The molecule has 0 aromatic rings. The van der Waals surface area contributed by atoms with Crippen molar-refractivity contribution in [2.24, 2.45) is 0 Å². The third kappa shape index (κ3) is 7.02. The van der Waals surface area contributed by atoms with E-state index in [1.54, 1.807) is 0 Å². The maximum Gasteiger partial charge on any atom is 0.187 e. The number of aliphatic hydroxyl groups excluding tert-OH is 10. The summed E-state index contributed by atoms with van der Waals surface area (Å²) in [5.74, 6) is 0. The Morgan fingerprint density at radius 2 is 1.14 bits per heavy atom.